The van der Waals surface area contributed by atoms with Crippen LogP contribution in [0.1, 0.15) is 31.7 Å². The normalized spacial score (nSPS) is 10.3. The molecule has 0 atom stereocenters. The molecule has 0 saturated carbocycles. The minimum atomic E-state index is 0.0678. The van der Waals surface area contributed by atoms with Crippen molar-refractivity contribution < 1.29 is 9.53 Å². The number of unbranched alkanes of at least 4 members (excludes halogenated alkanes) is 1. The molecule has 0 unspecified atom stereocenters. The third kappa shape index (κ3) is 5.97. The second kappa shape index (κ2) is 8.81. The van der Waals surface area contributed by atoms with Crippen LogP contribution in [-0.4, -0.2) is 30.3 Å². The molecule has 0 spiro atoms. The van der Waals surface area contributed by atoms with Gasteiger partial charge < -0.3 is 9.64 Å². The molecule has 4 heteroatoms. The highest BCUT2D eigenvalue weighted by molar-refractivity contribution is 6.18. The Morgan fingerprint density at radius 1 is 1.32 bits per heavy atom. The van der Waals surface area contributed by atoms with Crippen LogP contribution in [0.2, 0.25) is 0 Å². The fourth-order valence-corrected chi connectivity index (χ4v) is 1.82. The maximum absolute atomic E-state index is 11.6. The van der Waals surface area contributed by atoms with Crippen LogP contribution < -0.4 is 4.74 Å². The van der Waals surface area contributed by atoms with Gasteiger partial charge in [0.2, 0.25) is 5.91 Å². The molecular weight excluding hydrogens is 262 g/mol. The lowest BCUT2D eigenvalue weighted by Crippen LogP contribution is -2.26. The summed E-state index contributed by atoms with van der Waals surface area (Å²) in [7, 11) is 1.79. The Balaban J connectivity index is 2.45. The number of amides is 1. The number of benzene rings is 1. The summed E-state index contributed by atoms with van der Waals surface area (Å²) < 4.78 is 5.59. The lowest BCUT2D eigenvalue weighted by Gasteiger charge is -2.17. The van der Waals surface area contributed by atoms with Crippen LogP contribution >= 0.6 is 11.6 Å². The average Bonchev–Trinajstić information content (AvgIpc) is 2.41. The molecule has 0 fully saturated rings. The van der Waals surface area contributed by atoms with Crippen molar-refractivity contribution in [3.63, 3.8) is 0 Å². The van der Waals surface area contributed by atoms with Gasteiger partial charge in [-0.25, -0.2) is 0 Å². The van der Waals surface area contributed by atoms with Crippen molar-refractivity contribution in [1.29, 1.82) is 0 Å². The molecule has 1 aromatic carbocycles. The van der Waals surface area contributed by atoms with E-state index in [0.717, 1.165) is 30.8 Å². The largest absolute Gasteiger partial charge is 0.494 e. The maximum atomic E-state index is 11.6. The molecule has 0 bridgehead atoms. The van der Waals surface area contributed by atoms with Crippen LogP contribution in [0.15, 0.2) is 24.3 Å². The Labute approximate surface area is 120 Å². The van der Waals surface area contributed by atoms with E-state index in [9.17, 15) is 4.79 Å². The summed E-state index contributed by atoms with van der Waals surface area (Å²) in [4.78, 5) is 13.3. The van der Waals surface area contributed by atoms with E-state index in [0.29, 0.717) is 18.8 Å². The SMILES string of the molecule is CCCCOc1ccc(CN(C)C(=O)CCCl)cc1. The van der Waals surface area contributed by atoms with Crippen LogP contribution in [0, 0.1) is 0 Å². The summed E-state index contributed by atoms with van der Waals surface area (Å²) in [5.41, 5.74) is 1.09. The maximum Gasteiger partial charge on any atom is 0.223 e. The molecule has 0 saturated heterocycles. The molecule has 0 aliphatic carbocycles. The van der Waals surface area contributed by atoms with Gasteiger partial charge >= 0.3 is 0 Å². The van der Waals surface area contributed by atoms with Crippen molar-refractivity contribution in [2.24, 2.45) is 0 Å². The fourth-order valence-electron chi connectivity index (χ4n) is 1.66. The van der Waals surface area contributed by atoms with Crippen LogP contribution in [-0.2, 0) is 11.3 Å². The zero-order valence-corrected chi connectivity index (χ0v) is 12.4. The van der Waals surface area contributed by atoms with Crippen LogP contribution in [0.4, 0.5) is 0 Å². The Kier molecular flexibility index (Phi) is 7.34. The number of alkyl halides is 1. The average molecular weight is 284 g/mol. The van der Waals surface area contributed by atoms with Gasteiger partial charge in [-0.1, -0.05) is 25.5 Å². The Morgan fingerprint density at radius 3 is 2.58 bits per heavy atom. The van der Waals surface area contributed by atoms with Crippen LogP contribution in [0.3, 0.4) is 0 Å². The summed E-state index contributed by atoms with van der Waals surface area (Å²) >= 11 is 5.56. The molecule has 0 aliphatic heterocycles. The van der Waals surface area contributed by atoms with Gasteiger partial charge in [-0.05, 0) is 24.1 Å². The van der Waals surface area contributed by atoms with Gasteiger partial charge in [0.1, 0.15) is 5.75 Å². The summed E-state index contributed by atoms with van der Waals surface area (Å²) in [6.45, 7) is 3.50. The number of halogens is 1. The first-order valence-electron chi connectivity index (χ1n) is 6.69. The van der Waals surface area contributed by atoms with E-state index in [1.165, 1.54) is 0 Å². The third-order valence-electron chi connectivity index (χ3n) is 2.84. The molecule has 0 N–H and O–H groups in total. The molecule has 0 aliphatic rings. The second-order valence-corrected chi connectivity index (χ2v) is 4.91. The predicted molar refractivity (Wildman–Crippen MR) is 78.7 cm³/mol. The Hall–Kier alpha value is -1.22. The number of carbonyl (C=O) groups excluding carboxylic acids is 1. The van der Waals surface area contributed by atoms with E-state index in [1.807, 2.05) is 24.3 Å². The third-order valence-corrected chi connectivity index (χ3v) is 3.03. The molecule has 0 radical (unpaired) electrons. The minimum absolute atomic E-state index is 0.0678. The van der Waals surface area contributed by atoms with Gasteiger partial charge in [0.05, 0.1) is 6.61 Å². The van der Waals surface area contributed by atoms with Gasteiger partial charge in [0.15, 0.2) is 0 Å². The Morgan fingerprint density at radius 2 is 2.00 bits per heavy atom. The van der Waals surface area contributed by atoms with E-state index in [-0.39, 0.29) is 5.91 Å². The highest BCUT2D eigenvalue weighted by Crippen LogP contribution is 2.14. The molecule has 106 valence electrons. The second-order valence-electron chi connectivity index (χ2n) is 4.53. The Bertz CT molecular complexity index is 378. The topological polar surface area (TPSA) is 29.5 Å². The molecule has 1 rings (SSSR count). The predicted octanol–water partition coefficient (Wildman–Crippen LogP) is 3.45. The van der Waals surface area contributed by atoms with Crippen molar-refractivity contribution >= 4 is 17.5 Å². The monoisotopic (exact) mass is 283 g/mol. The molecule has 1 amide bonds. The van der Waals surface area contributed by atoms with Gasteiger partial charge in [-0.2, -0.15) is 0 Å². The van der Waals surface area contributed by atoms with Crippen molar-refractivity contribution in [3.05, 3.63) is 29.8 Å². The number of ether oxygens (including phenoxy) is 1. The molecule has 0 aromatic heterocycles. The number of hydrogen-bond acceptors (Lipinski definition) is 2. The van der Waals surface area contributed by atoms with E-state index in [4.69, 9.17) is 16.3 Å². The molecule has 1 aromatic rings. The summed E-state index contributed by atoms with van der Waals surface area (Å²) in [6, 6.07) is 7.88. The molecule has 19 heavy (non-hydrogen) atoms. The van der Waals surface area contributed by atoms with E-state index in [1.54, 1.807) is 11.9 Å². The number of carbonyl (C=O) groups is 1. The first kappa shape index (κ1) is 15.8. The minimum Gasteiger partial charge on any atom is -0.494 e. The van der Waals surface area contributed by atoms with Crippen molar-refractivity contribution in [2.75, 3.05) is 19.5 Å². The van der Waals surface area contributed by atoms with Crippen molar-refractivity contribution in [3.8, 4) is 5.75 Å². The summed E-state index contributed by atoms with van der Waals surface area (Å²) in [5.74, 6) is 1.32. The number of nitrogens with zero attached hydrogens (tertiary/aromatic N) is 1. The van der Waals surface area contributed by atoms with Gasteiger partial charge in [0.25, 0.3) is 0 Å². The smallest absolute Gasteiger partial charge is 0.223 e. The first-order chi connectivity index (χ1) is 9.17. The van der Waals surface area contributed by atoms with Gasteiger partial charge in [0, 0.05) is 25.9 Å². The lowest BCUT2D eigenvalue weighted by atomic mass is 10.2. The van der Waals surface area contributed by atoms with Gasteiger partial charge in [-0.3, -0.25) is 4.79 Å². The molecule has 3 nitrogen and oxygen atoms in total. The number of hydrogen-bond donors (Lipinski definition) is 0. The number of rotatable bonds is 8. The van der Waals surface area contributed by atoms with E-state index < -0.39 is 0 Å². The van der Waals surface area contributed by atoms with Gasteiger partial charge in [-0.15, -0.1) is 11.6 Å². The van der Waals surface area contributed by atoms with E-state index >= 15 is 0 Å². The van der Waals surface area contributed by atoms with Crippen LogP contribution in [0.25, 0.3) is 0 Å². The highest BCUT2D eigenvalue weighted by Gasteiger charge is 2.08. The lowest BCUT2D eigenvalue weighted by molar-refractivity contribution is -0.129. The first-order valence-corrected chi connectivity index (χ1v) is 7.22. The highest BCUT2D eigenvalue weighted by atomic mass is 35.5. The zero-order chi connectivity index (χ0) is 14.1. The van der Waals surface area contributed by atoms with Crippen molar-refractivity contribution in [2.45, 2.75) is 32.7 Å². The summed E-state index contributed by atoms with van der Waals surface area (Å²) in [6.07, 6.45) is 2.58. The van der Waals surface area contributed by atoms with E-state index in [2.05, 4.69) is 6.92 Å². The fraction of sp³-hybridized carbons (Fsp3) is 0.533. The zero-order valence-electron chi connectivity index (χ0n) is 11.7. The van der Waals surface area contributed by atoms with Crippen LogP contribution in [0.5, 0.6) is 5.75 Å². The molecule has 0 heterocycles. The van der Waals surface area contributed by atoms with Crippen molar-refractivity contribution in [1.82, 2.24) is 4.90 Å². The quantitative estimate of drug-likeness (QED) is 0.540. The standard InChI is InChI=1S/C15H22ClNO2/c1-3-4-11-19-14-7-5-13(6-8-14)12-17(2)15(18)9-10-16/h5-8H,3-4,9-12H2,1-2H3. The summed E-state index contributed by atoms with van der Waals surface area (Å²) in [5, 5.41) is 0. The molecular formula is C15H22ClNO2.